The van der Waals surface area contributed by atoms with Crippen molar-refractivity contribution in [2.45, 2.75) is 43.5 Å². The number of nitrogens with zero attached hydrogens (tertiary/aromatic N) is 2. The van der Waals surface area contributed by atoms with Gasteiger partial charge < -0.3 is 35.0 Å². The number of nitro benzene ring substituents is 2. The van der Waals surface area contributed by atoms with Crippen LogP contribution < -0.4 is 4.74 Å². The Kier molecular flexibility index (Phi) is 14.1. The molecule has 4 aromatic carbocycles. The summed E-state index contributed by atoms with van der Waals surface area (Å²) in [4.78, 5) is 45.4. The van der Waals surface area contributed by atoms with E-state index in [0.29, 0.717) is 16.1 Å². The first-order chi connectivity index (χ1) is 25.0. The molecule has 0 bridgehead atoms. The molecular weight excluding hydrogens is 786 g/mol. The van der Waals surface area contributed by atoms with E-state index in [2.05, 4.69) is 0 Å². The predicted octanol–water partition coefficient (Wildman–Crippen LogP) is 5.54. The topological polar surface area (TPSA) is 240 Å². The third-order valence-corrected chi connectivity index (χ3v) is 8.96. The molecule has 53 heavy (non-hydrogen) atoms. The van der Waals surface area contributed by atoms with Crippen molar-refractivity contribution in [1.29, 1.82) is 0 Å². The van der Waals surface area contributed by atoms with E-state index >= 15 is 0 Å². The number of nitro groups is 2. The highest BCUT2D eigenvalue weighted by atomic mass is 35.5. The zero-order valence-electron chi connectivity index (χ0n) is 26.8. The average molecular weight is 814 g/mol. The minimum atomic E-state index is -1.67. The minimum Gasteiger partial charge on any atom is -0.507 e. The van der Waals surface area contributed by atoms with Crippen LogP contribution in [0.15, 0.2) is 72.8 Å². The van der Waals surface area contributed by atoms with Gasteiger partial charge in [0.15, 0.2) is 11.6 Å². The lowest BCUT2D eigenvalue weighted by atomic mass is 9.99. The first kappa shape index (κ1) is 41.3. The Labute approximate surface area is 319 Å². The summed E-state index contributed by atoms with van der Waals surface area (Å²) in [6.07, 6.45) is -7.91. The molecule has 1 heterocycles. The fraction of sp³-hybridized carbons (Fsp3) is 0.235. The third kappa shape index (κ3) is 10.4. The van der Waals surface area contributed by atoms with Gasteiger partial charge in [0.05, 0.1) is 37.6 Å². The quantitative estimate of drug-likeness (QED) is 0.0711. The number of hydrogen-bond donors (Lipinski definition) is 5. The van der Waals surface area contributed by atoms with Gasteiger partial charge in [-0.05, 0) is 47.5 Å². The number of phenolic OH excluding ortho intramolecular Hbond substituents is 1. The highest BCUT2D eigenvalue weighted by Gasteiger charge is 2.45. The minimum absolute atomic E-state index is 0.00359. The summed E-state index contributed by atoms with van der Waals surface area (Å²) in [5.41, 5.74) is 0.482. The van der Waals surface area contributed by atoms with Crippen LogP contribution >= 0.6 is 46.4 Å². The van der Waals surface area contributed by atoms with E-state index in [9.17, 15) is 55.4 Å². The molecule has 0 radical (unpaired) electrons. The number of hydrogen-bond acceptors (Lipinski definition) is 13. The Balaban J connectivity index is 0.000000258. The van der Waals surface area contributed by atoms with E-state index in [1.165, 1.54) is 66.7 Å². The summed E-state index contributed by atoms with van der Waals surface area (Å²) in [6, 6.07) is 15.8. The number of carbonyl (C=O) groups is 2. The summed E-state index contributed by atoms with van der Waals surface area (Å²) in [5.74, 6) is -1.10. The number of rotatable bonds is 11. The van der Waals surface area contributed by atoms with Crippen LogP contribution in [0, 0.1) is 20.2 Å². The van der Waals surface area contributed by atoms with Gasteiger partial charge in [-0.1, -0.05) is 58.5 Å². The van der Waals surface area contributed by atoms with Gasteiger partial charge in [0.2, 0.25) is 6.29 Å². The number of ether oxygens (including phenoxy) is 2. The van der Waals surface area contributed by atoms with Crippen molar-refractivity contribution in [3.63, 3.8) is 0 Å². The van der Waals surface area contributed by atoms with Crippen molar-refractivity contribution in [2.75, 3.05) is 6.61 Å². The molecule has 0 aromatic heterocycles. The van der Waals surface area contributed by atoms with Crippen LogP contribution in [0.5, 0.6) is 11.5 Å². The number of aromatic hydroxyl groups is 1. The lowest BCUT2D eigenvalue weighted by Crippen LogP contribution is -2.60. The van der Waals surface area contributed by atoms with Crippen LogP contribution in [0.1, 0.15) is 31.8 Å². The molecule has 4 aromatic rings. The Morgan fingerprint density at radius 2 is 1.19 bits per heavy atom. The lowest BCUT2D eigenvalue weighted by molar-refractivity contribution is -0.385. The van der Waals surface area contributed by atoms with Gasteiger partial charge in [-0.2, -0.15) is 0 Å². The van der Waals surface area contributed by atoms with Crippen LogP contribution in [0.3, 0.4) is 0 Å². The largest absolute Gasteiger partial charge is 0.507 e. The summed E-state index contributed by atoms with van der Waals surface area (Å²) >= 11 is 23.8. The molecule has 0 aliphatic carbocycles. The van der Waals surface area contributed by atoms with Gasteiger partial charge in [0.25, 0.3) is 11.4 Å². The maximum Gasteiger partial charge on any atom is 0.270 e. The van der Waals surface area contributed by atoms with Gasteiger partial charge in [-0.15, -0.1) is 0 Å². The van der Waals surface area contributed by atoms with E-state index in [1.54, 1.807) is 0 Å². The van der Waals surface area contributed by atoms with E-state index in [0.717, 1.165) is 6.07 Å². The molecule has 5 rings (SSSR count). The van der Waals surface area contributed by atoms with Crippen molar-refractivity contribution >= 4 is 69.3 Å². The fourth-order valence-electron chi connectivity index (χ4n) is 4.97. The molecule has 1 aliphatic heterocycles. The molecule has 19 heteroatoms. The first-order valence-corrected chi connectivity index (χ1v) is 16.7. The van der Waals surface area contributed by atoms with Crippen molar-refractivity contribution < 1.29 is 54.4 Å². The van der Waals surface area contributed by atoms with Gasteiger partial charge in [-0.25, -0.2) is 0 Å². The molecule has 1 aliphatic rings. The third-order valence-electron chi connectivity index (χ3n) is 7.79. The Hall–Kier alpha value is -4.42. The summed E-state index contributed by atoms with van der Waals surface area (Å²) in [5, 5.41) is 71.2. The van der Waals surface area contributed by atoms with Crippen molar-refractivity contribution in [3.05, 3.63) is 135 Å². The first-order valence-electron chi connectivity index (χ1n) is 15.2. The van der Waals surface area contributed by atoms with E-state index < -0.39 is 52.9 Å². The van der Waals surface area contributed by atoms with E-state index in [1.807, 2.05) is 0 Å². The number of ketones is 2. The number of aliphatic hydroxyl groups excluding tert-OH is 4. The fourth-order valence-corrected chi connectivity index (χ4v) is 5.79. The number of halogens is 4. The zero-order chi connectivity index (χ0) is 39.1. The molecule has 5 unspecified atom stereocenters. The Morgan fingerprint density at radius 3 is 1.68 bits per heavy atom. The van der Waals surface area contributed by atoms with Gasteiger partial charge in [0.1, 0.15) is 35.9 Å². The van der Waals surface area contributed by atoms with Gasteiger partial charge >= 0.3 is 0 Å². The summed E-state index contributed by atoms with van der Waals surface area (Å²) in [6.45, 7) is -0.643. The second kappa shape index (κ2) is 18.1. The number of non-ortho nitro benzene ring substituents is 2. The molecule has 0 amide bonds. The van der Waals surface area contributed by atoms with E-state index in [-0.39, 0.29) is 67.7 Å². The van der Waals surface area contributed by atoms with E-state index in [4.69, 9.17) is 55.9 Å². The van der Waals surface area contributed by atoms with Crippen LogP contribution in [0.2, 0.25) is 20.1 Å². The second-order valence-electron chi connectivity index (χ2n) is 11.4. The predicted molar refractivity (Wildman–Crippen MR) is 191 cm³/mol. The standard InChI is InChI=1S/C20H19Cl2NO9.C14H9Cl2NO4/c21-10-2-4-15(31-20-19(28)18(27)17(26)16(8-24)32-20)12(6-10)14(25)5-9-1-3-11(23(29)30)7-13(9)22;15-9-2-4-13(18)11(6-9)14(19)5-8-1-3-10(17(20)21)7-12(8)16/h1-4,6-7,16-20,24,26-28H,5,8H2;1-4,6-7,18H,5H2. The monoisotopic (exact) mass is 812 g/mol. The normalized spacial score (nSPS) is 19.4. The Bertz CT molecular complexity index is 2030. The van der Waals surface area contributed by atoms with Gasteiger partial charge in [-0.3, -0.25) is 29.8 Å². The number of benzene rings is 4. The number of carbonyl (C=O) groups excluding carboxylic acids is 2. The summed E-state index contributed by atoms with van der Waals surface area (Å²) in [7, 11) is 0. The van der Waals surface area contributed by atoms with Crippen molar-refractivity contribution in [1.82, 2.24) is 0 Å². The molecule has 280 valence electrons. The molecule has 0 spiro atoms. The molecule has 5 N–H and O–H groups in total. The average Bonchev–Trinajstić information content (AvgIpc) is 3.11. The number of aliphatic hydroxyl groups is 4. The molecule has 1 saturated heterocycles. The lowest BCUT2D eigenvalue weighted by Gasteiger charge is -2.39. The van der Waals surface area contributed by atoms with Crippen LogP contribution in [0.4, 0.5) is 11.4 Å². The van der Waals surface area contributed by atoms with Crippen molar-refractivity contribution in [3.8, 4) is 11.5 Å². The van der Waals surface area contributed by atoms with Crippen LogP contribution in [-0.2, 0) is 17.6 Å². The highest BCUT2D eigenvalue weighted by molar-refractivity contribution is 6.33. The Morgan fingerprint density at radius 1 is 0.698 bits per heavy atom. The molecule has 0 saturated carbocycles. The highest BCUT2D eigenvalue weighted by Crippen LogP contribution is 2.31. The number of phenols is 1. The van der Waals surface area contributed by atoms with Crippen LogP contribution in [0.25, 0.3) is 0 Å². The molecule has 15 nitrogen and oxygen atoms in total. The second-order valence-corrected chi connectivity index (χ2v) is 13.1. The van der Waals surface area contributed by atoms with Crippen LogP contribution in [-0.4, -0.2) is 84.3 Å². The zero-order valence-corrected chi connectivity index (χ0v) is 29.9. The SMILES string of the molecule is O=C(Cc1ccc([N+](=O)[O-])cc1Cl)c1cc(Cl)ccc1O.O=C(Cc1ccc([N+](=O)[O-])cc1Cl)c1cc(Cl)ccc1OC1OC(CO)C(O)C(O)C1O. The molecule has 1 fully saturated rings. The number of Topliss-reactive ketones (excluding diaryl/α,β-unsaturated/α-hetero) is 2. The van der Waals surface area contributed by atoms with Gasteiger partial charge in [0, 0.05) is 47.2 Å². The molecular formula is C34H28Cl4N2O13. The summed E-state index contributed by atoms with van der Waals surface area (Å²) < 4.78 is 10.9. The maximum atomic E-state index is 13.0. The smallest absolute Gasteiger partial charge is 0.270 e. The van der Waals surface area contributed by atoms with Crippen molar-refractivity contribution in [2.24, 2.45) is 0 Å². The maximum absolute atomic E-state index is 13.0. The molecule has 5 atom stereocenters.